The van der Waals surface area contributed by atoms with Gasteiger partial charge in [-0.25, -0.2) is 17.6 Å². The highest BCUT2D eigenvalue weighted by molar-refractivity contribution is 7.93. The van der Waals surface area contributed by atoms with Gasteiger partial charge in [-0.15, -0.1) is 11.3 Å². The van der Waals surface area contributed by atoms with Crippen molar-refractivity contribution in [3.8, 4) is 6.07 Å². The van der Waals surface area contributed by atoms with Gasteiger partial charge in [0.15, 0.2) is 0 Å². The van der Waals surface area contributed by atoms with Gasteiger partial charge >= 0.3 is 5.97 Å². The third-order valence-corrected chi connectivity index (χ3v) is 4.80. The Hall–Kier alpha value is -2.44. The molecule has 2 aromatic rings. The number of nitriles is 1. The van der Waals surface area contributed by atoms with E-state index in [1.807, 2.05) is 6.07 Å². The third-order valence-electron chi connectivity index (χ3n) is 2.49. The van der Waals surface area contributed by atoms with Crippen LogP contribution in [0.1, 0.15) is 15.9 Å². The van der Waals surface area contributed by atoms with Gasteiger partial charge in [0.1, 0.15) is 16.9 Å². The molecule has 0 aliphatic heterocycles. The van der Waals surface area contributed by atoms with Crippen molar-refractivity contribution in [3.63, 3.8) is 0 Å². The van der Waals surface area contributed by atoms with Gasteiger partial charge in [0.25, 0.3) is 10.0 Å². The number of halogens is 1. The van der Waals surface area contributed by atoms with E-state index in [0.717, 1.165) is 29.5 Å². The summed E-state index contributed by atoms with van der Waals surface area (Å²) in [7, 11) is -4.11. The van der Waals surface area contributed by atoms with Crippen LogP contribution in [-0.4, -0.2) is 19.5 Å². The zero-order chi connectivity index (χ0) is 15.6. The van der Waals surface area contributed by atoms with Crippen LogP contribution in [-0.2, 0) is 10.0 Å². The zero-order valence-electron chi connectivity index (χ0n) is 10.2. The fourth-order valence-corrected chi connectivity index (χ4v) is 3.59. The largest absolute Gasteiger partial charge is 0.478 e. The number of nitrogens with one attached hydrogen (secondary N) is 1. The molecule has 0 saturated heterocycles. The number of hydrogen-bond donors (Lipinski definition) is 2. The Labute approximate surface area is 123 Å². The zero-order valence-corrected chi connectivity index (χ0v) is 11.8. The third kappa shape index (κ3) is 3.01. The monoisotopic (exact) mass is 326 g/mol. The van der Waals surface area contributed by atoms with Gasteiger partial charge in [-0.05, 0) is 29.6 Å². The van der Waals surface area contributed by atoms with Gasteiger partial charge in [-0.1, -0.05) is 0 Å². The fourth-order valence-electron chi connectivity index (χ4n) is 1.49. The number of carboxylic acid groups (broad SMARTS) is 1. The molecule has 0 fully saturated rings. The van der Waals surface area contributed by atoms with Gasteiger partial charge in [0.2, 0.25) is 0 Å². The van der Waals surface area contributed by atoms with Crippen LogP contribution in [0.4, 0.5) is 9.39 Å². The standard InChI is InChI=1S/C12H7FN2O4S2/c13-10-2-1-8(5-9(10)12(16)17)21(18,19)15-11-7(6-14)3-4-20-11/h1-5,15H,(H,16,17). The number of sulfonamides is 1. The topological polar surface area (TPSA) is 107 Å². The summed E-state index contributed by atoms with van der Waals surface area (Å²) in [4.78, 5) is 10.4. The van der Waals surface area contributed by atoms with Crippen LogP contribution in [0.25, 0.3) is 0 Å². The van der Waals surface area contributed by atoms with Gasteiger partial charge in [0, 0.05) is 0 Å². The number of aromatic carboxylic acids is 1. The summed E-state index contributed by atoms with van der Waals surface area (Å²) in [6, 6.07) is 5.69. The molecule has 0 aliphatic rings. The Kier molecular flexibility index (Phi) is 3.93. The number of carbonyl (C=O) groups is 1. The molecule has 0 amide bonds. The minimum Gasteiger partial charge on any atom is -0.478 e. The highest BCUT2D eigenvalue weighted by Crippen LogP contribution is 2.26. The highest BCUT2D eigenvalue weighted by Gasteiger charge is 2.20. The number of hydrogen-bond acceptors (Lipinski definition) is 5. The van der Waals surface area contributed by atoms with Crippen molar-refractivity contribution >= 4 is 32.3 Å². The van der Waals surface area contributed by atoms with E-state index in [1.54, 1.807) is 0 Å². The van der Waals surface area contributed by atoms with Crippen LogP contribution in [0, 0.1) is 17.1 Å². The molecule has 108 valence electrons. The molecule has 6 nitrogen and oxygen atoms in total. The summed E-state index contributed by atoms with van der Waals surface area (Å²) in [6.45, 7) is 0. The summed E-state index contributed by atoms with van der Waals surface area (Å²) in [5, 5.41) is 19.3. The van der Waals surface area contributed by atoms with E-state index < -0.39 is 32.3 Å². The van der Waals surface area contributed by atoms with Crippen molar-refractivity contribution in [3.05, 3.63) is 46.6 Å². The molecule has 1 heterocycles. The lowest BCUT2D eigenvalue weighted by atomic mass is 10.2. The molecule has 0 spiro atoms. The van der Waals surface area contributed by atoms with E-state index in [-0.39, 0.29) is 10.6 Å². The number of thiophene rings is 1. The Balaban J connectivity index is 2.43. The number of anilines is 1. The fraction of sp³-hybridized carbons (Fsp3) is 0. The van der Waals surface area contributed by atoms with Crippen LogP contribution >= 0.6 is 11.3 Å². The minimum atomic E-state index is -4.11. The quantitative estimate of drug-likeness (QED) is 0.896. The number of benzene rings is 1. The molecule has 0 bridgehead atoms. The maximum Gasteiger partial charge on any atom is 0.338 e. The lowest BCUT2D eigenvalue weighted by Gasteiger charge is -2.07. The molecule has 0 saturated carbocycles. The van der Waals surface area contributed by atoms with Crippen molar-refractivity contribution in [2.75, 3.05) is 4.72 Å². The van der Waals surface area contributed by atoms with Crippen LogP contribution in [0.15, 0.2) is 34.5 Å². The Morgan fingerprint density at radius 3 is 2.71 bits per heavy atom. The Bertz CT molecular complexity index is 852. The average Bonchev–Trinajstić information content (AvgIpc) is 2.85. The first kappa shape index (κ1) is 15.0. The molecule has 2 rings (SSSR count). The van der Waals surface area contributed by atoms with Gasteiger partial charge in [-0.3, -0.25) is 4.72 Å². The molecular weight excluding hydrogens is 319 g/mol. The summed E-state index contributed by atoms with van der Waals surface area (Å²) in [5.74, 6) is -2.60. The first-order chi connectivity index (χ1) is 9.85. The SMILES string of the molecule is N#Cc1ccsc1NS(=O)(=O)c1ccc(F)c(C(=O)O)c1. The van der Waals surface area contributed by atoms with Gasteiger partial charge in [-0.2, -0.15) is 5.26 Å². The smallest absolute Gasteiger partial charge is 0.338 e. The van der Waals surface area contributed by atoms with Crippen LogP contribution < -0.4 is 4.72 Å². The molecule has 1 aromatic heterocycles. The predicted octanol–water partition coefficient (Wildman–Crippen LogP) is 2.26. The Morgan fingerprint density at radius 1 is 1.38 bits per heavy atom. The van der Waals surface area contributed by atoms with Crippen LogP contribution in [0.2, 0.25) is 0 Å². The maximum absolute atomic E-state index is 13.3. The van der Waals surface area contributed by atoms with Crippen LogP contribution in [0.3, 0.4) is 0 Å². The number of nitrogens with zero attached hydrogens (tertiary/aromatic N) is 1. The van der Waals surface area contributed by atoms with Crippen molar-refractivity contribution in [2.24, 2.45) is 0 Å². The van der Waals surface area contributed by atoms with Crippen molar-refractivity contribution in [1.82, 2.24) is 0 Å². The number of rotatable bonds is 4. The van der Waals surface area contributed by atoms with E-state index in [0.29, 0.717) is 0 Å². The molecule has 2 N–H and O–H groups in total. The van der Waals surface area contributed by atoms with Crippen LogP contribution in [0.5, 0.6) is 0 Å². The second-order valence-electron chi connectivity index (χ2n) is 3.83. The normalized spacial score (nSPS) is 10.9. The second kappa shape index (κ2) is 5.51. The number of carboxylic acids is 1. The molecule has 0 atom stereocenters. The van der Waals surface area contributed by atoms with Crippen molar-refractivity contribution in [1.29, 1.82) is 5.26 Å². The highest BCUT2D eigenvalue weighted by atomic mass is 32.2. The Morgan fingerprint density at radius 2 is 2.10 bits per heavy atom. The second-order valence-corrected chi connectivity index (χ2v) is 6.43. The first-order valence-electron chi connectivity index (χ1n) is 5.38. The summed E-state index contributed by atoms with van der Waals surface area (Å²) < 4.78 is 39.7. The molecule has 0 aliphatic carbocycles. The molecule has 0 radical (unpaired) electrons. The van der Waals surface area contributed by atoms with E-state index in [1.165, 1.54) is 11.4 Å². The van der Waals surface area contributed by atoms with Crippen molar-refractivity contribution in [2.45, 2.75) is 4.90 Å². The van der Waals surface area contributed by atoms with E-state index in [9.17, 15) is 17.6 Å². The maximum atomic E-state index is 13.3. The molecular formula is C12H7FN2O4S2. The van der Waals surface area contributed by atoms with E-state index >= 15 is 0 Å². The summed E-state index contributed by atoms with van der Waals surface area (Å²) in [5.41, 5.74) is -0.603. The molecule has 0 unspecified atom stereocenters. The summed E-state index contributed by atoms with van der Waals surface area (Å²) in [6.07, 6.45) is 0. The van der Waals surface area contributed by atoms with E-state index in [2.05, 4.69) is 4.72 Å². The van der Waals surface area contributed by atoms with E-state index in [4.69, 9.17) is 10.4 Å². The molecule has 1 aromatic carbocycles. The lowest BCUT2D eigenvalue weighted by molar-refractivity contribution is 0.0691. The van der Waals surface area contributed by atoms with Gasteiger partial charge < -0.3 is 5.11 Å². The molecule has 9 heteroatoms. The summed E-state index contributed by atoms with van der Waals surface area (Å²) >= 11 is 1.01. The minimum absolute atomic E-state index is 0.110. The predicted molar refractivity (Wildman–Crippen MR) is 73.2 cm³/mol. The van der Waals surface area contributed by atoms with Crippen molar-refractivity contribution < 1.29 is 22.7 Å². The first-order valence-corrected chi connectivity index (χ1v) is 7.74. The molecule has 21 heavy (non-hydrogen) atoms. The van der Waals surface area contributed by atoms with Gasteiger partial charge in [0.05, 0.1) is 16.0 Å². The average molecular weight is 326 g/mol. The lowest BCUT2D eigenvalue weighted by Crippen LogP contribution is -2.14.